The van der Waals surface area contributed by atoms with Gasteiger partial charge in [0.25, 0.3) is 5.91 Å². The molecule has 1 saturated carbocycles. The molecule has 0 atom stereocenters. The van der Waals surface area contributed by atoms with E-state index in [0.29, 0.717) is 24.0 Å². The number of pyridine rings is 1. The van der Waals surface area contributed by atoms with E-state index < -0.39 is 0 Å². The van der Waals surface area contributed by atoms with E-state index in [2.05, 4.69) is 36.1 Å². The molecule has 0 aromatic carbocycles. The highest BCUT2D eigenvalue weighted by Crippen LogP contribution is 2.41. The van der Waals surface area contributed by atoms with Gasteiger partial charge in [-0.25, -0.2) is 9.97 Å². The van der Waals surface area contributed by atoms with Gasteiger partial charge in [-0.15, -0.1) is 0 Å². The van der Waals surface area contributed by atoms with E-state index in [1.807, 2.05) is 18.3 Å². The number of carbonyl (C=O) groups is 1. The molecule has 5 heterocycles. The van der Waals surface area contributed by atoms with Crippen LogP contribution in [0, 0.1) is 0 Å². The van der Waals surface area contributed by atoms with Crippen molar-refractivity contribution in [3.8, 4) is 0 Å². The van der Waals surface area contributed by atoms with Gasteiger partial charge in [0.15, 0.2) is 0 Å². The number of carbonyl (C=O) groups excluding carboxylic acids is 1. The molecule has 0 radical (unpaired) electrons. The molecule has 1 spiro atoms. The summed E-state index contributed by atoms with van der Waals surface area (Å²) in [6.45, 7) is 3.91. The van der Waals surface area contributed by atoms with Crippen LogP contribution in [0.4, 0.5) is 17.5 Å². The van der Waals surface area contributed by atoms with Gasteiger partial charge in [0.1, 0.15) is 17.2 Å². The van der Waals surface area contributed by atoms with Crippen LogP contribution in [-0.4, -0.2) is 58.3 Å². The van der Waals surface area contributed by atoms with E-state index in [9.17, 15) is 4.79 Å². The zero-order valence-corrected chi connectivity index (χ0v) is 17.3. The van der Waals surface area contributed by atoms with Crippen molar-refractivity contribution in [2.75, 3.05) is 43.1 Å². The Bertz CT molecular complexity index is 1130. The van der Waals surface area contributed by atoms with E-state index in [0.717, 1.165) is 55.9 Å². The number of amides is 1. The zero-order chi connectivity index (χ0) is 20.8. The molecule has 9 heteroatoms. The summed E-state index contributed by atoms with van der Waals surface area (Å²) in [6.07, 6.45) is 8.11. The third-order valence-electron chi connectivity index (χ3n) is 6.72. The van der Waals surface area contributed by atoms with Crippen molar-refractivity contribution in [3.05, 3.63) is 36.3 Å². The third kappa shape index (κ3) is 3.11. The van der Waals surface area contributed by atoms with Gasteiger partial charge in [0.05, 0.1) is 30.6 Å². The molecular weight excluding hydrogens is 394 g/mol. The summed E-state index contributed by atoms with van der Waals surface area (Å²) >= 11 is 0. The first-order valence-electron chi connectivity index (χ1n) is 10.9. The van der Waals surface area contributed by atoms with E-state index >= 15 is 0 Å². The second kappa shape index (κ2) is 7.19. The minimum absolute atomic E-state index is 0.0367. The number of hydrogen-bond donors (Lipinski definition) is 2. The molecule has 160 valence electrons. The fourth-order valence-corrected chi connectivity index (χ4v) is 5.13. The quantitative estimate of drug-likeness (QED) is 0.673. The van der Waals surface area contributed by atoms with E-state index in [-0.39, 0.29) is 11.4 Å². The van der Waals surface area contributed by atoms with Crippen molar-refractivity contribution >= 4 is 34.4 Å². The van der Waals surface area contributed by atoms with Crippen LogP contribution in [0.25, 0.3) is 11.0 Å². The third-order valence-corrected chi connectivity index (χ3v) is 6.72. The van der Waals surface area contributed by atoms with Gasteiger partial charge in [0, 0.05) is 31.2 Å². The average molecular weight is 419 g/mol. The van der Waals surface area contributed by atoms with Crippen LogP contribution in [0.5, 0.6) is 0 Å². The molecule has 6 rings (SSSR count). The van der Waals surface area contributed by atoms with Gasteiger partial charge in [-0.05, 0) is 31.0 Å². The van der Waals surface area contributed by atoms with E-state index in [1.165, 1.54) is 12.8 Å². The standard InChI is InChI=1S/C22H25N7O2/c30-20-17-11-15-12-24-21(27-19(15)29(17)22(14-25-20)5-1-2-6-22)26-18-4-3-16(13-23-18)28-7-9-31-10-8-28/h3-4,11-13H,1-2,5-10,14H2,(H,25,30)(H,23,24,26,27). The predicted octanol–water partition coefficient (Wildman–Crippen LogP) is 2.42. The number of hydrogen-bond acceptors (Lipinski definition) is 7. The number of morpholine rings is 1. The summed E-state index contributed by atoms with van der Waals surface area (Å²) in [7, 11) is 0. The van der Waals surface area contributed by atoms with Crippen LogP contribution in [0.15, 0.2) is 30.6 Å². The molecular formula is C22H25N7O2. The lowest BCUT2D eigenvalue weighted by Gasteiger charge is -2.37. The number of fused-ring (bicyclic) bond motifs is 4. The molecule has 3 aromatic rings. The predicted molar refractivity (Wildman–Crippen MR) is 117 cm³/mol. The van der Waals surface area contributed by atoms with Gasteiger partial charge < -0.3 is 24.8 Å². The zero-order valence-electron chi connectivity index (χ0n) is 17.3. The molecule has 1 saturated heterocycles. The van der Waals surface area contributed by atoms with Gasteiger partial charge in [-0.1, -0.05) is 12.8 Å². The molecule has 2 fully saturated rings. The Morgan fingerprint density at radius 2 is 1.94 bits per heavy atom. The summed E-state index contributed by atoms with van der Waals surface area (Å²) in [5, 5.41) is 7.18. The van der Waals surface area contributed by atoms with Crippen LogP contribution >= 0.6 is 0 Å². The molecule has 1 amide bonds. The molecule has 3 aromatic heterocycles. The molecule has 2 aliphatic heterocycles. The first-order valence-corrected chi connectivity index (χ1v) is 10.9. The van der Waals surface area contributed by atoms with E-state index in [4.69, 9.17) is 9.72 Å². The van der Waals surface area contributed by atoms with Crippen LogP contribution in [0.2, 0.25) is 0 Å². The largest absolute Gasteiger partial charge is 0.378 e. The lowest BCUT2D eigenvalue weighted by atomic mass is 9.94. The number of anilines is 3. The van der Waals surface area contributed by atoms with Crippen LogP contribution < -0.4 is 15.5 Å². The molecule has 1 aliphatic carbocycles. The maximum Gasteiger partial charge on any atom is 0.268 e. The van der Waals surface area contributed by atoms with Crippen molar-refractivity contribution in [2.24, 2.45) is 0 Å². The Morgan fingerprint density at radius 1 is 1.10 bits per heavy atom. The Kier molecular flexibility index (Phi) is 4.31. The van der Waals surface area contributed by atoms with Gasteiger partial charge in [-0.2, -0.15) is 4.98 Å². The van der Waals surface area contributed by atoms with Crippen molar-refractivity contribution in [3.63, 3.8) is 0 Å². The fourth-order valence-electron chi connectivity index (χ4n) is 5.13. The number of ether oxygens (including phenoxy) is 1. The van der Waals surface area contributed by atoms with Crippen LogP contribution in [0.3, 0.4) is 0 Å². The lowest BCUT2D eigenvalue weighted by Crippen LogP contribution is -2.50. The lowest BCUT2D eigenvalue weighted by molar-refractivity contribution is 0.0876. The van der Waals surface area contributed by atoms with Crippen molar-refractivity contribution in [2.45, 2.75) is 31.2 Å². The van der Waals surface area contributed by atoms with Crippen molar-refractivity contribution in [1.82, 2.24) is 24.8 Å². The van der Waals surface area contributed by atoms with Crippen LogP contribution in [0.1, 0.15) is 36.2 Å². The smallest absolute Gasteiger partial charge is 0.268 e. The minimum atomic E-state index is -0.0747. The molecule has 9 nitrogen and oxygen atoms in total. The number of nitrogens with zero attached hydrogens (tertiary/aromatic N) is 5. The van der Waals surface area contributed by atoms with Crippen molar-refractivity contribution in [1.29, 1.82) is 0 Å². The Morgan fingerprint density at radius 3 is 2.71 bits per heavy atom. The summed E-state index contributed by atoms with van der Waals surface area (Å²) in [5.41, 5.74) is 2.51. The normalized spacial score (nSPS) is 20.1. The summed E-state index contributed by atoms with van der Waals surface area (Å²) < 4.78 is 7.58. The van der Waals surface area contributed by atoms with E-state index in [1.54, 1.807) is 6.20 Å². The first-order chi connectivity index (χ1) is 15.2. The Hall–Kier alpha value is -3.20. The summed E-state index contributed by atoms with van der Waals surface area (Å²) in [4.78, 5) is 28.6. The SMILES string of the molecule is O=C1NCC2(CCCC2)n2c1cc1cnc(Nc3ccc(N4CCOCC4)cn3)nc12. The second-order valence-electron chi connectivity index (χ2n) is 8.58. The Balaban J connectivity index is 1.31. The molecule has 2 N–H and O–H groups in total. The van der Waals surface area contributed by atoms with Gasteiger partial charge in [-0.3, -0.25) is 4.79 Å². The monoisotopic (exact) mass is 419 g/mol. The highest BCUT2D eigenvalue weighted by Gasteiger charge is 2.42. The minimum Gasteiger partial charge on any atom is -0.378 e. The highest BCUT2D eigenvalue weighted by atomic mass is 16.5. The molecule has 0 bridgehead atoms. The number of aromatic nitrogens is 4. The van der Waals surface area contributed by atoms with Crippen LogP contribution in [-0.2, 0) is 10.3 Å². The number of nitrogens with one attached hydrogen (secondary N) is 2. The van der Waals surface area contributed by atoms with Crippen molar-refractivity contribution < 1.29 is 9.53 Å². The van der Waals surface area contributed by atoms with Gasteiger partial charge >= 0.3 is 0 Å². The fraction of sp³-hybridized carbons (Fsp3) is 0.455. The first kappa shape index (κ1) is 18.6. The molecule has 31 heavy (non-hydrogen) atoms. The molecule has 3 aliphatic rings. The Labute approximate surface area is 179 Å². The maximum absolute atomic E-state index is 12.5. The summed E-state index contributed by atoms with van der Waals surface area (Å²) in [5.74, 6) is 1.14. The highest BCUT2D eigenvalue weighted by molar-refractivity contribution is 5.99. The molecule has 0 unspecified atom stereocenters. The maximum atomic E-state index is 12.5. The van der Waals surface area contributed by atoms with Gasteiger partial charge in [0.2, 0.25) is 5.95 Å². The average Bonchev–Trinajstić information content (AvgIpc) is 3.43. The second-order valence-corrected chi connectivity index (χ2v) is 8.58. The number of rotatable bonds is 3. The summed E-state index contributed by atoms with van der Waals surface area (Å²) in [6, 6.07) is 5.90. The topological polar surface area (TPSA) is 97.2 Å².